The molecule has 106 valence electrons. The second-order valence-corrected chi connectivity index (χ2v) is 5.05. The molecule has 0 saturated carbocycles. The number of piperidine rings is 1. The quantitative estimate of drug-likeness (QED) is 0.620. The van der Waals surface area contributed by atoms with E-state index in [2.05, 4.69) is 16.6 Å². The van der Waals surface area contributed by atoms with Crippen LogP contribution in [0.5, 0.6) is 0 Å². The molecule has 1 atom stereocenters. The van der Waals surface area contributed by atoms with Crippen molar-refractivity contribution in [3.05, 3.63) is 0 Å². The van der Waals surface area contributed by atoms with E-state index in [0.29, 0.717) is 0 Å². The van der Waals surface area contributed by atoms with E-state index < -0.39 is 17.4 Å². The van der Waals surface area contributed by atoms with Crippen LogP contribution in [0.2, 0.25) is 0 Å². The van der Waals surface area contributed by atoms with Crippen molar-refractivity contribution in [3.8, 4) is 12.3 Å². The standard InChI is InChI=1S/C14H22N2O3/c1-3-5-11(12(17)18)16-13(19)14(6-4-2)7-9-15-10-8-14/h1,11,15H,4-10H2,2H3,(H,16,19)(H,17,18). The summed E-state index contributed by atoms with van der Waals surface area (Å²) in [7, 11) is 0. The Labute approximate surface area is 114 Å². The van der Waals surface area contributed by atoms with Gasteiger partial charge >= 0.3 is 5.97 Å². The monoisotopic (exact) mass is 266 g/mol. The summed E-state index contributed by atoms with van der Waals surface area (Å²) < 4.78 is 0. The second-order valence-electron chi connectivity index (χ2n) is 5.05. The number of rotatable bonds is 6. The third kappa shape index (κ3) is 3.97. The highest BCUT2D eigenvalue weighted by Gasteiger charge is 2.39. The summed E-state index contributed by atoms with van der Waals surface area (Å²) in [5, 5.41) is 14.9. The number of nitrogens with one attached hydrogen (secondary N) is 2. The fourth-order valence-corrected chi connectivity index (χ4v) is 2.60. The molecule has 0 bridgehead atoms. The molecule has 0 aromatic heterocycles. The summed E-state index contributed by atoms with van der Waals surface area (Å²) in [6, 6.07) is -0.985. The minimum Gasteiger partial charge on any atom is -0.480 e. The normalized spacial score (nSPS) is 19.2. The van der Waals surface area contributed by atoms with Crippen LogP contribution in [0.1, 0.15) is 39.0 Å². The minimum absolute atomic E-state index is 0.0154. The van der Waals surface area contributed by atoms with Crippen LogP contribution in [-0.4, -0.2) is 36.1 Å². The molecule has 0 aromatic rings. The molecule has 1 heterocycles. The maximum absolute atomic E-state index is 12.4. The molecule has 19 heavy (non-hydrogen) atoms. The van der Waals surface area contributed by atoms with E-state index in [-0.39, 0.29) is 12.3 Å². The molecule has 1 unspecified atom stereocenters. The largest absolute Gasteiger partial charge is 0.480 e. The second kappa shape index (κ2) is 7.15. The number of carbonyl (C=O) groups is 2. The zero-order valence-corrected chi connectivity index (χ0v) is 11.4. The predicted octanol–water partition coefficient (Wildman–Crippen LogP) is 0.749. The van der Waals surface area contributed by atoms with E-state index >= 15 is 0 Å². The maximum atomic E-state index is 12.4. The van der Waals surface area contributed by atoms with Gasteiger partial charge in [0.2, 0.25) is 5.91 Å². The first-order valence-electron chi connectivity index (χ1n) is 6.73. The summed E-state index contributed by atoms with van der Waals surface area (Å²) in [5.41, 5.74) is -0.442. The fraction of sp³-hybridized carbons (Fsp3) is 0.714. The van der Waals surface area contributed by atoms with Crippen LogP contribution in [0, 0.1) is 17.8 Å². The molecule has 5 heteroatoms. The fourth-order valence-electron chi connectivity index (χ4n) is 2.60. The van der Waals surface area contributed by atoms with Crippen molar-refractivity contribution < 1.29 is 14.7 Å². The van der Waals surface area contributed by atoms with E-state index in [0.717, 1.165) is 38.8 Å². The molecule has 1 aliphatic rings. The van der Waals surface area contributed by atoms with Crippen LogP contribution in [0.25, 0.3) is 0 Å². The first-order chi connectivity index (χ1) is 9.05. The summed E-state index contributed by atoms with van der Waals surface area (Å²) in [5.74, 6) is 1.05. The first-order valence-corrected chi connectivity index (χ1v) is 6.73. The van der Waals surface area contributed by atoms with Crippen molar-refractivity contribution in [2.75, 3.05) is 13.1 Å². The lowest BCUT2D eigenvalue weighted by molar-refractivity contribution is -0.144. The molecule has 1 aliphatic heterocycles. The van der Waals surface area contributed by atoms with E-state index in [1.807, 2.05) is 6.92 Å². The number of carbonyl (C=O) groups excluding carboxylic acids is 1. The molecular weight excluding hydrogens is 244 g/mol. The van der Waals surface area contributed by atoms with Gasteiger partial charge in [0.15, 0.2) is 0 Å². The first kappa shape index (κ1) is 15.5. The Morgan fingerprint density at radius 1 is 1.47 bits per heavy atom. The summed E-state index contributed by atoms with van der Waals surface area (Å²) in [6.07, 6.45) is 8.33. The van der Waals surface area contributed by atoms with Gasteiger partial charge in [-0.15, -0.1) is 12.3 Å². The number of hydrogen-bond donors (Lipinski definition) is 3. The molecule has 0 aliphatic carbocycles. The van der Waals surface area contributed by atoms with Gasteiger partial charge in [0.05, 0.1) is 5.41 Å². The van der Waals surface area contributed by atoms with Crippen molar-refractivity contribution in [2.24, 2.45) is 5.41 Å². The van der Waals surface area contributed by atoms with Crippen LogP contribution < -0.4 is 10.6 Å². The number of amides is 1. The van der Waals surface area contributed by atoms with E-state index in [1.54, 1.807) is 0 Å². The van der Waals surface area contributed by atoms with Gasteiger partial charge in [0.1, 0.15) is 6.04 Å². The van der Waals surface area contributed by atoms with Gasteiger partial charge in [-0.2, -0.15) is 0 Å². The van der Waals surface area contributed by atoms with Gasteiger partial charge in [0.25, 0.3) is 0 Å². The average molecular weight is 266 g/mol. The van der Waals surface area contributed by atoms with Gasteiger partial charge < -0.3 is 15.7 Å². The van der Waals surface area contributed by atoms with Crippen LogP contribution in [0.4, 0.5) is 0 Å². The van der Waals surface area contributed by atoms with Crippen molar-refractivity contribution in [2.45, 2.75) is 45.1 Å². The lowest BCUT2D eigenvalue weighted by atomic mass is 9.74. The number of carboxylic acid groups (broad SMARTS) is 1. The SMILES string of the molecule is C#CCC(NC(=O)C1(CCC)CCNCC1)C(=O)O. The van der Waals surface area contributed by atoms with Gasteiger partial charge in [-0.3, -0.25) is 4.79 Å². The molecule has 0 aromatic carbocycles. The Morgan fingerprint density at radius 2 is 2.11 bits per heavy atom. The van der Waals surface area contributed by atoms with Crippen molar-refractivity contribution in [1.82, 2.24) is 10.6 Å². The third-order valence-corrected chi connectivity index (χ3v) is 3.70. The Balaban J connectivity index is 2.76. The van der Waals surface area contributed by atoms with Crippen LogP contribution in [-0.2, 0) is 9.59 Å². The lowest BCUT2D eigenvalue weighted by Gasteiger charge is -2.36. The Kier molecular flexibility index (Phi) is 5.84. The number of hydrogen-bond acceptors (Lipinski definition) is 3. The predicted molar refractivity (Wildman–Crippen MR) is 72.5 cm³/mol. The number of terminal acetylenes is 1. The van der Waals surface area contributed by atoms with Crippen molar-refractivity contribution in [3.63, 3.8) is 0 Å². The lowest BCUT2D eigenvalue weighted by Crippen LogP contribution is -2.52. The molecule has 1 fully saturated rings. The van der Waals surface area contributed by atoms with Gasteiger partial charge in [-0.25, -0.2) is 4.79 Å². The van der Waals surface area contributed by atoms with Crippen molar-refractivity contribution in [1.29, 1.82) is 0 Å². The zero-order valence-electron chi connectivity index (χ0n) is 11.4. The molecule has 1 rings (SSSR count). The zero-order chi connectivity index (χ0) is 14.3. The van der Waals surface area contributed by atoms with Crippen molar-refractivity contribution >= 4 is 11.9 Å². The Morgan fingerprint density at radius 3 is 2.58 bits per heavy atom. The van der Waals surface area contributed by atoms with Gasteiger partial charge in [-0.1, -0.05) is 13.3 Å². The third-order valence-electron chi connectivity index (χ3n) is 3.70. The molecule has 5 nitrogen and oxygen atoms in total. The summed E-state index contributed by atoms with van der Waals surface area (Å²) in [4.78, 5) is 23.5. The van der Waals surface area contributed by atoms with E-state index in [4.69, 9.17) is 11.5 Å². The van der Waals surface area contributed by atoms with Gasteiger partial charge in [0, 0.05) is 6.42 Å². The molecule has 1 amide bonds. The Hall–Kier alpha value is -1.54. The number of carboxylic acids is 1. The highest BCUT2D eigenvalue weighted by Crippen LogP contribution is 2.34. The molecule has 3 N–H and O–H groups in total. The Bertz CT molecular complexity index is 362. The highest BCUT2D eigenvalue weighted by atomic mass is 16.4. The average Bonchev–Trinajstić information content (AvgIpc) is 2.39. The van der Waals surface area contributed by atoms with Gasteiger partial charge in [-0.05, 0) is 32.4 Å². The maximum Gasteiger partial charge on any atom is 0.327 e. The molecule has 0 spiro atoms. The molecule has 0 radical (unpaired) electrons. The van der Waals surface area contributed by atoms with Crippen LogP contribution in [0.15, 0.2) is 0 Å². The number of aliphatic carboxylic acids is 1. The van der Waals surface area contributed by atoms with Crippen LogP contribution in [0.3, 0.4) is 0 Å². The molecule has 1 saturated heterocycles. The highest BCUT2D eigenvalue weighted by molar-refractivity contribution is 5.87. The summed E-state index contributed by atoms with van der Waals surface area (Å²) in [6.45, 7) is 3.62. The summed E-state index contributed by atoms with van der Waals surface area (Å²) >= 11 is 0. The minimum atomic E-state index is -1.08. The smallest absolute Gasteiger partial charge is 0.327 e. The molecular formula is C14H22N2O3. The van der Waals surface area contributed by atoms with E-state index in [9.17, 15) is 9.59 Å². The van der Waals surface area contributed by atoms with Crippen LogP contribution >= 0.6 is 0 Å². The van der Waals surface area contributed by atoms with E-state index in [1.165, 1.54) is 0 Å². The topological polar surface area (TPSA) is 78.4 Å².